The Hall–Kier alpha value is -3.77. The molecule has 1 saturated heterocycles. The number of alkyl halides is 2. The number of hydrogen-bond donors (Lipinski definition) is 1. The second-order valence-corrected chi connectivity index (χ2v) is 11.4. The molecule has 6 rings (SSSR count). The standard InChI is InChI=1S/C30H35F2N5O5/c1-4-5-10-39-29(38)36-8-6-17-11-18(26(31)32)13-23(21(17)14-36)40-15-19-12-22(25-24(19)41-30(2,3)42-25)37-9-7-20-27(33)34-16-35-28(20)37/h7,9,11-13,16,22,24-26H,4-6,8,10,14-15H2,1-3H3,(H2,33,34,35)/t22-,24-,25+/m1/s1. The molecule has 0 spiro atoms. The van der Waals surface area contributed by atoms with Crippen LogP contribution in [0.3, 0.4) is 0 Å². The number of amides is 1. The van der Waals surface area contributed by atoms with E-state index < -0.39 is 24.4 Å². The third-order valence-corrected chi connectivity index (χ3v) is 8.03. The second kappa shape index (κ2) is 11.1. The van der Waals surface area contributed by atoms with Crippen LogP contribution in [0.15, 0.2) is 42.4 Å². The lowest BCUT2D eigenvalue weighted by molar-refractivity contribution is -0.148. The number of unbranched alkanes of at least 4 members (excludes halogenated alkanes) is 1. The predicted octanol–water partition coefficient (Wildman–Crippen LogP) is 5.33. The van der Waals surface area contributed by atoms with Crippen LogP contribution in [0.1, 0.15) is 62.8 Å². The minimum absolute atomic E-state index is 0.0908. The van der Waals surface area contributed by atoms with Gasteiger partial charge in [-0.3, -0.25) is 0 Å². The van der Waals surface area contributed by atoms with Gasteiger partial charge in [0.1, 0.15) is 42.4 Å². The van der Waals surface area contributed by atoms with Gasteiger partial charge in [0.2, 0.25) is 0 Å². The second-order valence-electron chi connectivity index (χ2n) is 11.4. The molecule has 2 N–H and O–H groups in total. The normalized spacial score (nSPS) is 22.8. The number of benzene rings is 1. The number of carbonyl (C=O) groups excluding carboxylic acids is 1. The van der Waals surface area contributed by atoms with Gasteiger partial charge < -0.3 is 34.1 Å². The molecule has 42 heavy (non-hydrogen) atoms. The van der Waals surface area contributed by atoms with E-state index in [1.54, 1.807) is 4.90 Å². The van der Waals surface area contributed by atoms with Crippen LogP contribution in [-0.2, 0) is 27.2 Å². The Labute approximate surface area is 242 Å². The number of nitrogens with two attached hydrogens (primary N) is 1. The summed E-state index contributed by atoms with van der Waals surface area (Å²) >= 11 is 0. The first-order valence-electron chi connectivity index (χ1n) is 14.3. The number of carbonyl (C=O) groups is 1. The van der Waals surface area contributed by atoms with E-state index in [2.05, 4.69) is 9.97 Å². The Kier molecular flexibility index (Phi) is 7.52. The van der Waals surface area contributed by atoms with Crippen LogP contribution in [0.25, 0.3) is 11.0 Å². The average Bonchev–Trinajstić information content (AvgIpc) is 3.62. The summed E-state index contributed by atoms with van der Waals surface area (Å²) in [6.07, 6.45) is 3.61. The van der Waals surface area contributed by atoms with Crippen LogP contribution in [0, 0.1) is 0 Å². The fourth-order valence-corrected chi connectivity index (χ4v) is 5.96. The smallest absolute Gasteiger partial charge is 0.410 e. The minimum Gasteiger partial charge on any atom is -0.489 e. The zero-order valence-electron chi connectivity index (χ0n) is 23.9. The largest absolute Gasteiger partial charge is 0.489 e. The van der Waals surface area contributed by atoms with Crippen molar-refractivity contribution in [2.75, 3.05) is 25.5 Å². The zero-order valence-corrected chi connectivity index (χ0v) is 23.9. The van der Waals surface area contributed by atoms with Gasteiger partial charge in [-0.1, -0.05) is 19.4 Å². The molecule has 224 valence electrons. The Balaban J connectivity index is 1.28. The van der Waals surface area contributed by atoms with Gasteiger partial charge >= 0.3 is 6.09 Å². The van der Waals surface area contributed by atoms with Gasteiger partial charge in [-0.2, -0.15) is 0 Å². The molecule has 3 aliphatic rings. The van der Waals surface area contributed by atoms with Crippen LogP contribution in [0.5, 0.6) is 5.75 Å². The number of aromatic nitrogens is 3. The molecule has 1 aromatic carbocycles. The van der Waals surface area contributed by atoms with Crippen molar-refractivity contribution in [2.45, 2.75) is 77.0 Å². The van der Waals surface area contributed by atoms with Crippen molar-refractivity contribution in [3.8, 4) is 5.75 Å². The molecule has 1 aliphatic carbocycles. The highest BCUT2D eigenvalue weighted by atomic mass is 19.3. The first-order valence-corrected chi connectivity index (χ1v) is 14.3. The predicted molar refractivity (Wildman–Crippen MR) is 150 cm³/mol. The Morgan fingerprint density at radius 1 is 1.26 bits per heavy atom. The van der Waals surface area contributed by atoms with Crippen molar-refractivity contribution in [1.29, 1.82) is 0 Å². The first-order chi connectivity index (χ1) is 20.1. The van der Waals surface area contributed by atoms with Gasteiger partial charge in [-0.25, -0.2) is 23.5 Å². The number of hydrogen-bond acceptors (Lipinski definition) is 8. The summed E-state index contributed by atoms with van der Waals surface area (Å²) in [5, 5.41) is 0.735. The SMILES string of the molecule is CCCCOC(=O)N1CCc2cc(C(F)F)cc(OCC3=C[C@@H](n4ccc5c(N)ncnc54)[C@@H]4OC(C)(C)O[C@H]34)c2C1. The van der Waals surface area contributed by atoms with Gasteiger partial charge in [0.15, 0.2) is 5.79 Å². The van der Waals surface area contributed by atoms with Crippen molar-refractivity contribution in [1.82, 2.24) is 19.4 Å². The fourth-order valence-electron chi connectivity index (χ4n) is 5.96. The van der Waals surface area contributed by atoms with Crippen LogP contribution in [0.4, 0.5) is 19.4 Å². The average molecular weight is 584 g/mol. The number of fused-ring (bicyclic) bond motifs is 3. The molecule has 3 aromatic rings. The molecule has 0 unspecified atom stereocenters. The summed E-state index contributed by atoms with van der Waals surface area (Å²) in [5.41, 5.74) is 8.89. The van der Waals surface area contributed by atoms with Crippen molar-refractivity contribution >= 4 is 22.9 Å². The lowest BCUT2D eigenvalue weighted by atomic mass is 9.96. The van der Waals surface area contributed by atoms with Gasteiger partial charge in [0.05, 0.1) is 24.6 Å². The molecule has 0 radical (unpaired) electrons. The molecule has 0 bridgehead atoms. The van der Waals surface area contributed by atoms with E-state index in [0.29, 0.717) is 42.4 Å². The molecular formula is C30H35F2N5O5. The number of nitrogen functional groups attached to an aromatic ring is 1. The molecular weight excluding hydrogens is 548 g/mol. The summed E-state index contributed by atoms with van der Waals surface area (Å²) in [6.45, 7) is 6.77. The van der Waals surface area contributed by atoms with E-state index in [-0.39, 0.29) is 30.9 Å². The van der Waals surface area contributed by atoms with Gasteiger partial charge in [0.25, 0.3) is 6.43 Å². The molecule has 1 amide bonds. The highest BCUT2D eigenvalue weighted by Gasteiger charge is 2.51. The van der Waals surface area contributed by atoms with E-state index in [9.17, 15) is 13.6 Å². The first kappa shape index (κ1) is 28.4. The van der Waals surface area contributed by atoms with Gasteiger partial charge in [-0.05, 0) is 56.0 Å². The van der Waals surface area contributed by atoms with Crippen molar-refractivity contribution in [3.05, 3.63) is 59.1 Å². The number of rotatable bonds is 8. The van der Waals surface area contributed by atoms with Crippen molar-refractivity contribution in [2.24, 2.45) is 0 Å². The highest BCUT2D eigenvalue weighted by molar-refractivity contribution is 5.86. The van der Waals surface area contributed by atoms with E-state index >= 15 is 0 Å². The third-order valence-electron chi connectivity index (χ3n) is 8.03. The Morgan fingerprint density at radius 2 is 2.10 bits per heavy atom. The van der Waals surface area contributed by atoms with Crippen molar-refractivity contribution < 1.29 is 32.5 Å². The molecule has 10 nitrogen and oxygen atoms in total. The number of halogens is 2. The van der Waals surface area contributed by atoms with Gasteiger partial charge in [-0.15, -0.1) is 0 Å². The quantitative estimate of drug-likeness (QED) is 0.280. The maximum Gasteiger partial charge on any atom is 0.410 e. The number of ether oxygens (including phenoxy) is 4. The van der Waals surface area contributed by atoms with Crippen LogP contribution in [0.2, 0.25) is 0 Å². The maximum atomic E-state index is 13.9. The van der Waals surface area contributed by atoms with E-state index in [4.69, 9.17) is 24.7 Å². The summed E-state index contributed by atoms with van der Waals surface area (Å²) in [7, 11) is 0. The third kappa shape index (κ3) is 5.29. The molecule has 2 aromatic heterocycles. The van der Waals surface area contributed by atoms with Crippen LogP contribution >= 0.6 is 0 Å². The minimum atomic E-state index is -2.65. The van der Waals surface area contributed by atoms with Crippen LogP contribution < -0.4 is 10.5 Å². The van der Waals surface area contributed by atoms with E-state index in [1.807, 2.05) is 43.7 Å². The van der Waals surface area contributed by atoms with E-state index in [1.165, 1.54) is 18.5 Å². The van der Waals surface area contributed by atoms with E-state index in [0.717, 1.165) is 29.4 Å². The summed E-state index contributed by atoms with van der Waals surface area (Å²) in [6, 6.07) is 4.48. The Bertz CT molecular complexity index is 1520. The number of anilines is 1. The molecule has 3 atom stereocenters. The zero-order chi connectivity index (χ0) is 29.6. The summed E-state index contributed by atoms with van der Waals surface area (Å²) in [4.78, 5) is 22.8. The fraction of sp³-hybridized carbons (Fsp3) is 0.500. The van der Waals surface area contributed by atoms with Crippen LogP contribution in [-0.4, -0.2) is 63.3 Å². The molecule has 12 heteroatoms. The maximum absolute atomic E-state index is 13.9. The molecule has 4 heterocycles. The lowest BCUT2D eigenvalue weighted by Gasteiger charge is -2.30. The highest BCUT2D eigenvalue weighted by Crippen LogP contribution is 2.45. The monoisotopic (exact) mass is 583 g/mol. The molecule has 2 aliphatic heterocycles. The Morgan fingerprint density at radius 3 is 2.88 bits per heavy atom. The molecule has 0 saturated carbocycles. The molecule has 1 fully saturated rings. The lowest BCUT2D eigenvalue weighted by Crippen LogP contribution is -2.37. The summed E-state index contributed by atoms with van der Waals surface area (Å²) in [5.74, 6) is -0.131. The van der Waals surface area contributed by atoms with Gasteiger partial charge in [0, 0.05) is 23.9 Å². The summed E-state index contributed by atoms with van der Waals surface area (Å²) < 4.78 is 54.0. The van der Waals surface area contributed by atoms with Crippen molar-refractivity contribution in [3.63, 3.8) is 0 Å². The number of nitrogens with zero attached hydrogens (tertiary/aromatic N) is 4. The topological polar surface area (TPSA) is 114 Å².